The summed E-state index contributed by atoms with van der Waals surface area (Å²) in [7, 11) is 0. The molecule has 4 nitrogen and oxygen atoms in total. The standard InChI is InChI=1S/C22H26ClN3O/c23-19-9-8-15(14-20(19)24)21-17-7-3-2-6-16(17)18(22(27)25-21)10-13-26-11-4-1-5-12-26/h2-3,6-9,14,18,21H,1,4-5,10-13,24H2,(H,25,27). The van der Waals surface area contributed by atoms with E-state index in [-0.39, 0.29) is 17.9 Å². The molecule has 2 aliphatic heterocycles. The van der Waals surface area contributed by atoms with E-state index >= 15 is 0 Å². The molecule has 5 heteroatoms. The Labute approximate surface area is 165 Å². The van der Waals surface area contributed by atoms with Gasteiger partial charge < -0.3 is 16.0 Å². The lowest BCUT2D eigenvalue weighted by Gasteiger charge is -2.34. The molecule has 2 aromatic rings. The molecule has 3 N–H and O–H groups in total. The zero-order valence-electron chi connectivity index (χ0n) is 15.5. The Hall–Kier alpha value is -2.04. The lowest BCUT2D eigenvalue weighted by Crippen LogP contribution is -2.41. The molecule has 2 heterocycles. The summed E-state index contributed by atoms with van der Waals surface area (Å²) < 4.78 is 0. The van der Waals surface area contributed by atoms with Crippen LogP contribution in [-0.4, -0.2) is 30.4 Å². The largest absolute Gasteiger partial charge is 0.398 e. The minimum absolute atomic E-state index is 0.0935. The van der Waals surface area contributed by atoms with Crippen molar-refractivity contribution >= 4 is 23.2 Å². The lowest BCUT2D eigenvalue weighted by atomic mass is 9.82. The molecule has 4 rings (SSSR count). The van der Waals surface area contributed by atoms with Crippen LogP contribution in [0.15, 0.2) is 42.5 Å². The van der Waals surface area contributed by atoms with Gasteiger partial charge in [-0.05, 0) is 67.7 Å². The van der Waals surface area contributed by atoms with Gasteiger partial charge in [0, 0.05) is 0 Å². The number of halogens is 1. The Morgan fingerprint density at radius 2 is 1.81 bits per heavy atom. The van der Waals surface area contributed by atoms with E-state index in [1.807, 2.05) is 24.3 Å². The summed E-state index contributed by atoms with van der Waals surface area (Å²) in [6.07, 6.45) is 4.73. The van der Waals surface area contributed by atoms with Crippen LogP contribution in [0.5, 0.6) is 0 Å². The van der Waals surface area contributed by atoms with Crippen LogP contribution in [0.4, 0.5) is 5.69 Å². The molecule has 0 aliphatic carbocycles. The topological polar surface area (TPSA) is 58.4 Å². The number of hydrogen-bond donors (Lipinski definition) is 2. The second-order valence-corrected chi connectivity index (χ2v) is 8.00. The van der Waals surface area contributed by atoms with Crippen LogP contribution in [0.3, 0.4) is 0 Å². The van der Waals surface area contributed by atoms with Crippen molar-refractivity contribution in [3.05, 3.63) is 64.2 Å². The normalized spacial score (nSPS) is 22.9. The molecule has 2 atom stereocenters. The number of piperidine rings is 1. The number of hydrogen-bond acceptors (Lipinski definition) is 3. The Morgan fingerprint density at radius 3 is 2.56 bits per heavy atom. The number of carbonyl (C=O) groups is 1. The van der Waals surface area contributed by atoms with Crippen molar-refractivity contribution in [2.45, 2.75) is 37.6 Å². The highest BCUT2D eigenvalue weighted by Crippen LogP contribution is 2.37. The average molecular weight is 384 g/mol. The molecular formula is C22H26ClN3O. The minimum atomic E-state index is -0.181. The summed E-state index contributed by atoms with van der Waals surface area (Å²) in [5, 5.41) is 3.75. The van der Waals surface area contributed by atoms with Crippen molar-refractivity contribution in [3.63, 3.8) is 0 Å². The summed E-state index contributed by atoms with van der Waals surface area (Å²) in [6, 6.07) is 13.7. The average Bonchev–Trinajstić information content (AvgIpc) is 2.70. The monoisotopic (exact) mass is 383 g/mol. The summed E-state index contributed by atoms with van der Waals surface area (Å²) in [5.41, 5.74) is 9.78. The van der Waals surface area contributed by atoms with Gasteiger partial charge >= 0.3 is 0 Å². The van der Waals surface area contributed by atoms with E-state index in [0.717, 1.165) is 42.7 Å². The summed E-state index contributed by atoms with van der Waals surface area (Å²) in [6.45, 7) is 3.29. The molecular weight excluding hydrogens is 358 g/mol. The molecule has 0 saturated carbocycles. The fraction of sp³-hybridized carbons (Fsp3) is 0.409. The van der Waals surface area contributed by atoms with Crippen LogP contribution in [0, 0.1) is 0 Å². The van der Waals surface area contributed by atoms with Crippen LogP contribution >= 0.6 is 11.6 Å². The van der Waals surface area contributed by atoms with Gasteiger partial charge in [0.15, 0.2) is 0 Å². The number of carbonyl (C=O) groups excluding carboxylic acids is 1. The number of benzene rings is 2. The number of nitrogens with zero attached hydrogens (tertiary/aromatic N) is 1. The number of anilines is 1. The van der Waals surface area contributed by atoms with Gasteiger partial charge in [-0.3, -0.25) is 4.79 Å². The molecule has 0 spiro atoms. The van der Waals surface area contributed by atoms with Crippen molar-refractivity contribution in [1.82, 2.24) is 10.2 Å². The first-order chi connectivity index (χ1) is 13.1. The Bertz CT molecular complexity index is 832. The Balaban J connectivity index is 1.59. The third-order valence-electron chi connectivity index (χ3n) is 5.82. The van der Waals surface area contributed by atoms with Gasteiger partial charge in [-0.25, -0.2) is 0 Å². The molecule has 0 bridgehead atoms. The third kappa shape index (κ3) is 3.83. The van der Waals surface area contributed by atoms with Crippen molar-refractivity contribution < 1.29 is 4.79 Å². The second kappa shape index (κ2) is 7.91. The van der Waals surface area contributed by atoms with Gasteiger partial charge in [-0.1, -0.05) is 48.4 Å². The fourth-order valence-electron chi connectivity index (χ4n) is 4.34. The van der Waals surface area contributed by atoms with Gasteiger partial charge in [0.1, 0.15) is 0 Å². The Kier molecular flexibility index (Phi) is 5.37. The van der Waals surface area contributed by atoms with Gasteiger partial charge in [0.25, 0.3) is 0 Å². The maximum absolute atomic E-state index is 13.0. The smallest absolute Gasteiger partial charge is 0.228 e. The first-order valence-electron chi connectivity index (χ1n) is 9.80. The number of nitrogens with one attached hydrogen (secondary N) is 1. The predicted octanol–water partition coefficient (Wildman–Crippen LogP) is 4.10. The highest BCUT2D eigenvalue weighted by molar-refractivity contribution is 6.33. The first kappa shape index (κ1) is 18.3. The molecule has 2 unspecified atom stereocenters. The molecule has 1 fully saturated rings. The molecule has 2 aromatic carbocycles. The van der Waals surface area contributed by atoms with Gasteiger partial charge in [0.2, 0.25) is 5.91 Å². The van der Waals surface area contributed by atoms with Crippen molar-refractivity contribution in [1.29, 1.82) is 0 Å². The van der Waals surface area contributed by atoms with E-state index in [2.05, 4.69) is 22.3 Å². The summed E-state index contributed by atoms with van der Waals surface area (Å²) >= 11 is 6.07. The van der Waals surface area contributed by atoms with Crippen molar-refractivity contribution in [2.24, 2.45) is 0 Å². The molecule has 0 radical (unpaired) electrons. The van der Waals surface area contributed by atoms with Gasteiger partial charge in [0.05, 0.1) is 22.7 Å². The highest BCUT2D eigenvalue weighted by Gasteiger charge is 2.33. The number of amides is 1. The van der Waals surface area contributed by atoms with Crippen LogP contribution in [0.25, 0.3) is 0 Å². The zero-order valence-corrected chi connectivity index (χ0v) is 16.2. The minimum Gasteiger partial charge on any atom is -0.398 e. The van der Waals surface area contributed by atoms with Crippen LogP contribution < -0.4 is 11.1 Å². The highest BCUT2D eigenvalue weighted by atomic mass is 35.5. The number of likely N-dealkylation sites (tertiary alicyclic amines) is 1. The predicted molar refractivity (Wildman–Crippen MR) is 110 cm³/mol. The molecule has 1 amide bonds. The van der Waals surface area contributed by atoms with Crippen LogP contribution in [0.1, 0.15) is 54.3 Å². The maximum atomic E-state index is 13.0. The van der Waals surface area contributed by atoms with E-state index in [0.29, 0.717) is 10.7 Å². The van der Waals surface area contributed by atoms with Gasteiger partial charge in [-0.15, -0.1) is 0 Å². The molecule has 1 saturated heterocycles. The Morgan fingerprint density at radius 1 is 1.07 bits per heavy atom. The fourth-order valence-corrected chi connectivity index (χ4v) is 4.46. The van der Waals surface area contributed by atoms with E-state index in [4.69, 9.17) is 17.3 Å². The second-order valence-electron chi connectivity index (χ2n) is 7.60. The number of rotatable bonds is 4. The number of nitrogen functional groups attached to an aromatic ring is 1. The number of nitrogens with two attached hydrogens (primary N) is 1. The maximum Gasteiger partial charge on any atom is 0.228 e. The summed E-state index contributed by atoms with van der Waals surface area (Å²) in [4.78, 5) is 15.5. The van der Waals surface area contributed by atoms with Gasteiger partial charge in [-0.2, -0.15) is 0 Å². The molecule has 0 aromatic heterocycles. The number of fused-ring (bicyclic) bond motifs is 1. The van der Waals surface area contributed by atoms with E-state index < -0.39 is 0 Å². The lowest BCUT2D eigenvalue weighted by molar-refractivity contribution is -0.124. The quantitative estimate of drug-likeness (QED) is 0.781. The van der Waals surface area contributed by atoms with Crippen LogP contribution in [0.2, 0.25) is 5.02 Å². The first-order valence-corrected chi connectivity index (χ1v) is 10.2. The SMILES string of the molecule is Nc1cc(C2NC(=O)C(CCN3CCCCC3)c3ccccc32)ccc1Cl. The van der Waals surface area contributed by atoms with E-state index in [1.165, 1.54) is 19.3 Å². The van der Waals surface area contributed by atoms with E-state index in [1.54, 1.807) is 6.07 Å². The third-order valence-corrected chi connectivity index (χ3v) is 6.17. The van der Waals surface area contributed by atoms with Crippen molar-refractivity contribution in [3.8, 4) is 0 Å². The molecule has 2 aliphatic rings. The van der Waals surface area contributed by atoms with Crippen molar-refractivity contribution in [2.75, 3.05) is 25.4 Å². The molecule has 142 valence electrons. The zero-order chi connectivity index (χ0) is 18.8. The van der Waals surface area contributed by atoms with Crippen LogP contribution in [-0.2, 0) is 4.79 Å². The van der Waals surface area contributed by atoms with E-state index in [9.17, 15) is 4.79 Å². The molecule has 27 heavy (non-hydrogen) atoms. The summed E-state index contributed by atoms with van der Waals surface area (Å²) in [5.74, 6) is 0.00764.